The second kappa shape index (κ2) is 13.5. The number of nitrogens with two attached hydrogens (primary N) is 1. The molecule has 0 aliphatic heterocycles. The van der Waals surface area contributed by atoms with Crippen molar-refractivity contribution in [1.82, 2.24) is 15.0 Å². The minimum Gasteiger partial charge on any atom is -0.382 e. The molecule has 0 spiro atoms. The number of nitrogens with one attached hydrogen (secondary N) is 2. The Morgan fingerprint density at radius 2 is 1.65 bits per heavy atom. The molecule has 0 saturated carbocycles. The molecule has 2 aromatic carbocycles. The lowest BCUT2D eigenvalue weighted by molar-refractivity contribution is 0.102. The van der Waals surface area contributed by atoms with E-state index in [4.69, 9.17) is 26.4 Å². The number of benzene rings is 2. The van der Waals surface area contributed by atoms with Crippen molar-refractivity contribution in [1.29, 1.82) is 0 Å². The Morgan fingerprint density at radius 3 is 2.30 bits per heavy atom. The maximum Gasteiger partial charge on any atom is 0.261 e. The summed E-state index contributed by atoms with van der Waals surface area (Å²) in [5.74, 6) is -0.113. The van der Waals surface area contributed by atoms with Crippen LogP contribution in [0.1, 0.15) is 15.9 Å². The van der Waals surface area contributed by atoms with Crippen molar-refractivity contribution in [3.8, 4) is 0 Å². The second-order valence-electron chi connectivity index (χ2n) is 8.74. The molecule has 5 rings (SSSR count). The first-order valence-electron chi connectivity index (χ1n) is 11.7. The van der Waals surface area contributed by atoms with Gasteiger partial charge in [-0.05, 0) is 30.7 Å². The van der Waals surface area contributed by atoms with Gasteiger partial charge in [-0.15, -0.1) is 11.3 Å². The monoisotopic (exact) mass is 670 g/mol. The predicted octanol–water partition coefficient (Wildman–Crippen LogP) is 4.93. The second-order valence-corrected chi connectivity index (χ2v) is 13.0. The van der Waals surface area contributed by atoms with Gasteiger partial charge in [-0.3, -0.25) is 13.9 Å². The largest absolute Gasteiger partial charge is 0.382 e. The Hall–Kier alpha value is -4.00. The summed E-state index contributed by atoms with van der Waals surface area (Å²) in [6.07, 6.45) is 4.36. The zero-order valence-electron chi connectivity index (χ0n) is 22.5. The summed E-state index contributed by atoms with van der Waals surface area (Å²) >= 11 is 7.22. The van der Waals surface area contributed by atoms with Crippen molar-refractivity contribution in [2.24, 2.45) is 0 Å². The number of anilines is 4. The van der Waals surface area contributed by atoms with Gasteiger partial charge in [-0.25, -0.2) is 19.3 Å². The third-order valence-corrected chi connectivity index (χ3v) is 6.51. The van der Waals surface area contributed by atoms with E-state index in [1.54, 1.807) is 29.8 Å². The molecule has 0 fully saturated rings. The number of nitrogens with zero attached hydrogens (tertiary/aromatic N) is 3. The number of nitrogen functional groups attached to an aromatic ring is 1. The van der Waals surface area contributed by atoms with Gasteiger partial charge in [0.05, 0.1) is 44.7 Å². The minimum absolute atomic E-state index is 0.0106. The molecule has 1 amide bonds. The maximum absolute atomic E-state index is 14.4. The molecule has 0 aliphatic rings. The zero-order chi connectivity index (χ0) is 32.1. The van der Waals surface area contributed by atoms with Gasteiger partial charge in [0.15, 0.2) is 5.82 Å². The summed E-state index contributed by atoms with van der Waals surface area (Å²) in [4.78, 5) is 25.7. The van der Waals surface area contributed by atoms with Crippen LogP contribution in [0, 0.1) is 12.7 Å². The highest BCUT2D eigenvalue weighted by atomic mass is 35.5. The molecule has 43 heavy (non-hydrogen) atoms. The molecule has 6 N–H and O–H groups in total. The highest BCUT2D eigenvalue weighted by Crippen LogP contribution is 2.34. The van der Waals surface area contributed by atoms with Gasteiger partial charge in [0.2, 0.25) is 0 Å². The molecule has 0 radical (unpaired) electrons. The third kappa shape index (κ3) is 9.50. The van der Waals surface area contributed by atoms with Crippen molar-refractivity contribution in [3.63, 3.8) is 0 Å². The van der Waals surface area contributed by atoms with Crippen LogP contribution in [-0.2, 0) is 20.2 Å². The van der Waals surface area contributed by atoms with Crippen LogP contribution in [0.5, 0.6) is 0 Å². The summed E-state index contributed by atoms with van der Waals surface area (Å²) in [5.41, 5.74) is 8.50. The Morgan fingerprint density at radius 1 is 1.00 bits per heavy atom. The van der Waals surface area contributed by atoms with E-state index in [9.17, 15) is 26.0 Å². The number of hydrogen-bond acceptors (Lipinski definition) is 11. The molecule has 13 nitrogen and oxygen atoms in total. The fourth-order valence-electron chi connectivity index (χ4n) is 3.57. The Labute approximate surface area is 254 Å². The summed E-state index contributed by atoms with van der Waals surface area (Å²) in [5, 5.41) is 9.17. The van der Waals surface area contributed by atoms with Gasteiger partial charge < -0.3 is 16.4 Å². The minimum atomic E-state index is -3.67. The van der Waals surface area contributed by atoms with Crippen LogP contribution in [0.2, 0.25) is 5.02 Å². The Kier molecular flexibility index (Phi) is 10.5. The van der Waals surface area contributed by atoms with E-state index in [1.165, 1.54) is 23.7 Å². The average Bonchev–Trinajstić information content (AvgIpc) is 3.32. The molecule has 0 unspecified atom stereocenters. The number of thiophene rings is 1. The Bertz CT molecular complexity index is 1990. The molecule has 3 heterocycles. The molecule has 228 valence electrons. The number of hydrogen-bond donors (Lipinski definition) is 5. The van der Waals surface area contributed by atoms with E-state index in [0.29, 0.717) is 51.0 Å². The Balaban J connectivity index is 0.000000440. The number of carbonyl (C=O) groups is 1. The van der Waals surface area contributed by atoms with E-state index < -0.39 is 26.1 Å². The van der Waals surface area contributed by atoms with Crippen LogP contribution in [0.25, 0.3) is 21.0 Å². The van der Waals surface area contributed by atoms with Crippen molar-refractivity contribution in [2.45, 2.75) is 6.92 Å². The number of fused-ring (bicyclic) bond motifs is 2. The fourth-order valence-corrected chi connectivity index (χ4v) is 4.65. The molecule has 0 saturated heterocycles. The first kappa shape index (κ1) is 33.5. The first-order valence-corrected chi connectivity index (χ1v) is 16.6. The summed E-state index contributed by atoms with van der Waals surface area (Å²) in [7, 11) is -7.33. The quantitative estimate of drug-likeness (QED) is 0.161. The number of aromatic nitrogens is 3. The molecular weight excluding hydrogens is 647 g/mol. The highest BCUT2D eigenvalue weighted by molar-refractivity contribution is 7.85. The van der Waals surface area contributed by atoms with E-state index in [2.05, 4.69) is 25.6 Å². The van der Waals surface area contributed by atoms with Crippen molar-refractivity contribution in [2.75, 3.05) is 28.9 Å². The topological polar surface area (TPSA) is 215 Å². The summed E-state index contributed by atoms with van der Waals surface area (Å²) in [6.45, 7) is 1.89. The SMILES string of the molecule is CS(=O)(=O)O.CS(=O)(=O)O.Cc1ccc2c(Nc3cccc(Cl)c3F)nccc2c1NC(=O)c1csc2c(N)ncnc12. The number of carbonyl (C=O) groups excluding carboxylic acids is 1. The van der Waals surface area contributed by atoms with Crippen LogP contribution in [-0.4, -0.2) is 59.3 Å². The summed E-state index contributed by atoms with van der Waals surface area (Å²) in [6, 6.07) is 10.2. The van der Waals surface area contributed by atoms with E-state index in [1.807, 2.05) is 19.1 Å². The van der Waals surface area contributed by atoms with Crippen molar-refractivity contribution >= 4 is 93.1 Å². The average molecular weight is 671 g/mol. The molecule has 5 aromatic rings. The van der Waals surface area contributed by atoms with E-state index in [0.717, 1.165) is 10.9 Å². The van der Waals surface area contributed by atoms with Gasteiger partial charge >= 0.3 is 0 Å². The molecule has 0 atom stereocenters. The zero-order valence-corrected chi connectivity index (χ0v) is 25.7. The summed E-state index contributed by atoms with van der Waals surface area (Å²) < 4.78 is 66.8. The van der Waals surface area contributed by atoms with Crippen LogP contribution < -0.4 is 16.4 Å². The molecule has 3 aromatic heterocycles. The number of aryl methyl sites for hydroxylation is 1. The van der Waals surface area contributed by atoms with Crippen LogP contribution >= 0.6 is 22.9 Å². The van der Waals surface area contributed by atoms with Crippen molar-refractivity contribution < 1.29 is 35.1 Å². The lowest BCUT2D eigenvalue weighted by atomic mass is 10.0. The number of pyridine rings is 1. The normalized spacial score (nSPS) is 11.2. The fraction of sp³-hybridized carbons (Fsp3) is 0.120. The van der Waals surface area contributed by atoms with Gasteiger partial charge in [0, 0.05) is 22.3 Å². The lowest BCUT2D eigenvalue weighted by Gasteiger charge is -2.15. The smallest absolute Gasteiger partial charge is 0.261 e. The first-order chi connectivity index (χ1) is 19.9. The molecule has 0 aliphatic carbocycles. The van der Waals surface area contributed by atoms with Crippen LogP contribution in [0.15, 0.2) is 54.3 Å². The number of amides is 1. The van der Waals surface area contributed by atoms with Crippen molar-refractivity contribution in [3.05, 3.63) is 76.3 Å². The van der Waals surface area contributed by atoms with Gasteiger partial charge in [-0.1, -0.05) is 29.8 Å². The number of halogens is 2. The van der Waals surface area contributed by atoms with E-state index >= 15 is 0 Å². The lowest BCUT2D eigenvalue weighted by Crippen LogP contribution is -2.13. The maximum atomic E-state index is 14.4. The van der Waals surface area contributed by atoms with Gasteiger partial charge in [0.25, 0.3) is 26.1 Å². The van der Waals surface area contributed by atoms with Gasteiger partial charge in [0.1, 0.15) is 18.0 Å². The number of rotatable bonds is 4. The molecule has 18 heteroatoms. The third-order valence-electron chi connectivity index (χ3n) is 5.22. The van der Waals surface area contributed by atoms with Crippen LogP contribution in [0.4, 0.5) is 27.4 Å². The predicted molar refractivity (Wildman–Crippen MR) is 166 cm³/mol. The van der Waals surface area contributed by atoms with E-state index in [-0.39, 0.29) is 16.6 Å². The molecule has 0 bridgehead atoms. The standard InChI is InChI=1S/C23H16ClFN6OS.2CH4O3S/c1-11-5-6-13-12(7-8-27-22(13)30-16-4-2-3-15(24)17(16)25)18(11)31-23(32)14-9-33-20-19(14)28-10-29-21(20)26;2*1-5(2,3)4/h2-10H,1H3,(H,27,30)(H,31,32)(H2,26,28,29);2*1H3,(H,2,3,4). The molecular formula is C25H24ClFN6O7S3. The highest BCUT2D eigenvalue weighted by Gasteiger charge is 2.18. The van der Waals surface area contributed by atoms with Gasteiger partial charge in [-0.2, -0.15) is 16.8 Å². The van der Waals surface area contributed by atoms with Crippen LogP contribution in [0.3, 0.4) is 0 Å².